The van der Waals surface area contributed by atoms with Crippen molar-refractivity contribution in [1.29, 1.82) is 0 Å². The fourth-order valence-electron chi connectivity index (χ4n) is 2.65. The summed E-state index contributed by atoms with van der Waals surface area (Å²) in [5.41, 5.74) is 7.67. The number of hydrogen-bond acceptors (Lipinski definition) is 5. The summed E-state index contributed by atoms with van der Waals surface area (Å²) in [6.07, 6.45) is 0. The monoisotopic (exact) mass is 276 g/mol. The summed E-state index contributed by atoms with van der Waals surface area (Å²) in [5.74, 6) is 0.597. The molecular formula is C13H17FN6. The molecule has 106 valence electrons. The number of fused-ring (bicyclic) bond motifs is 1. The number of nitrogen functional groups attached to an aromatic ring is 1. The first kappa shape index (κ1) is 13.0. The van der Waals surface area contributed by atoms with Gasteiger partial charge in [0.05, 0.1) is 16.9 Å². The molecule has 3 N–H and O–H groups in total. The third-order valence-electron chi connectivity index (χ3n) is 3.63. The molecular weight excluding hydrogens is 259 g/mol. The summed E-state index contributed by atoms with van der Waals surface area (Å²) >= 11 is 0. The average molecular weight is 276 g/mol. The van der Waals surface area contributed by atoms with E-state index in [1.807, 2.05) is 13.8 Å². The number of hydrogen-bond donors (Lipinski definition) is 2. The van der Waals surface area contributed by atoms with Gasteiger partial charge in [-0.2, -0.15) is 0 Å². The van der Waals surface area contributed by atoms with Gasteiger partial charge in [0.15, 0.2) is 17.5 Å². The Morgan fingerprint density at radius 3 is 2.70 bits per heavy atom. The lowest BCUT2D eigenvalue weighted by Crippen LogP contribution is -2.32. The van der Waals surface area contributed by atoms with Crippen LogP contribution in [-0.2, 0) is 12.1 Å². The summed E-state index contributed by atoms with van der Waals surface area (Å²) in [4.78, 5) is 8.21. The molecule has 0 bridgehead atoms. The maximum Gasteiger partial charge on any atom is 0.193 e. The molecule has 0 aliphatic carbocycles. The van der Waals surface area contributed by atoms with E-state index in [0.29, 0.717) is 23.9 Å². The summed E-state index contributed by atoms with van der Waals surface area (Å²) in [6, 6.07) is 0. The molecule has 6 nitrogen and oxygen atoms in total. The SMILES string of the molecule is Cc1nc(C)c(F)c(-n2nc(N)c3c2C(C)(C)NC3)n1. The average Bonchev–Trinajstić information content (AvgIpc) is 2.84. The van der Waals surface area contributed by atoms with E-state index in [1.165, 1.54) is 4.68 Å². The van der Waals surface area contributed by atoms with Crippen LogP contribution in [-0.4, -0.2) is 19.7 Å². The summed E-state index contributed by atoms with van der Waals surface area (Å²) in [5, 5.41) is 7.60. The number of rotatable bonds is 1. The van der Waals surface area contributed by atoms with Gasteiger partial charge in [-0.05, 0) is 27.7 Å². The molecule has 0 saturated heterocycles. The fourth-order valence-corrected chi connectivity index (χ4v) is 2.65. The largest absolute Gasteiger partial charge is 0.382 e. The van der Waals surface area contributed by atoms with Crippen molar-refractivity contribution in [2.45, 2.75) is 39.8 Å². The minimum absolute atomic E-state index is 0.153. The van der Waals surface area contributed by atoms with Crippen LogP contribution >= 0.6 is 0 Å². The van der Waals surface area contributed by atoms with Crippen molar-refractivity contribution in [2.75, 3.05) is 5.73 Å². The van der Waals surface area contributed by atoms with Crippen LogP contribution in [0.5, 0.6) is 0 Å². The Balaban J connectivity index is 2.30. The van der Waals surface area contributed by atoms with Gasteiger partial charge < -0.3 is 11.1 Å². The van der Waals surface area contributed by atoms with Gasteiger partial charge in [0.1, 0.15) is 5.82 Å². The molecule has 7 heteroatoms. The Bertz CT molecular complexity index is 703. The van der Waals surface area contributed by atoms with E-state index in [0.717, 1.165) is 11.3 Å². The number of nitrogens with two attached hydrogens (primary N) is 1. The Morgan fingerprint density at radius 2 is 2.00 bits per heavy atom. The highest BCUT2D eigenvalue weighted by molar-refractivity contribution is 5.51. The highest BCUT2D eigenvalue weighted by Gasteiger charge is 2.37. The quantitative estimate of drug-likeness (QED) is 0.821. The first-order chi connectivity index (χ1) is 9.31. The second-order valence-electron chi connectivity index (χ2n) is 5.60. The second kappa shape index (κ2) is 3.99. The van der Waals surface area contributed by atoms with Crippen LogP contribution in [0, 0.1) is 19.7 Å². The van der Waals surface area contributed by atoms with Crippen LogP contribution < -0.4 is 11.1 Å². The van der Waals surface area contributed by atoms with Crippen molar-refractivity contribution in [2.24, 2.45) is 0 Å². The molecule has 2 aromatic heterocycles. The smallest absolute Gasteiger partial charge is 0.193 e. The van der Waals surface area contributed by atoms with Crippen LogP contribution in [0.2, 0.25) is 0 Å². The molecule has 3 rings (SSSR count). The number of aromatic nitrogens is 4. The zero-order chi connectivity index (χ0) is 14.7. The highest BCUT2D eigenvalue weighted by Crippen LogP contribution is 2.35. The third kappa shape index (κ3) is 1.70. The summed E-state index contributed by atoms with van der Waals surface area (Å²) in [6.45, 7) is 7.99. The molecule has 20 heavy (non-hydrogen) atoms. The number of anilines is 1. The van der Waals surface area contributed by atoms with Crippen molar-refractivity contribution >= 4 is 5.82 Å². The lowest BCUT2D eigenvalue weighted by molar-refractivity contribution is 0.415. The van der Waals surface area contributed by atoms with Gasteiger partial charge in [-0.25, -0.2) is 19.0 Å². The molecule has 0 saturated carbocycles. The van der Waals surface area contributed by atoms with Crippen LogP contribution in [0.25, 0.3) is 5.82 Å². The maximum atomic E-state index is 14.3. The van der Waals surface area contributed by atoms with Crippen molar-refractivity contribution in [3.8, 4) is 5.82 Å². The van der Waals surface area contributed by atoms with E-state index in [-0.39, 0.29) is 11.4 Å². The molecule has 0 radical (unpaired) electrons. The van der Waals surface area contributed by atoms with Crippen molar-refractivity contribution < 1.29 is 4.39 Å². The fraction of sp³-hybridized carbons (Fsp3) is 0.462. The Morgan fingerprint density at radius 1 is 1.30 bits per heavy atom. The van der Waals surface area contributed by atoms with Crippen LogP contribution in [0.3, 0.4) is 0 Å². The van der Waals surface area contributed by atoms with E-state index >= 15 is 0 Å². The molecule has 1 aliphatic heterocycles. The normalized spacial score (nSPS) is 16.4. The second-order valence-corrected chi connectivity index (χ2v) is 5.60. The molecule has 1 aliphatic rings. The lowest BCUT2D eigenvalue weighted by Gasteiger charge is -2.21. The molecule has 0 amide bonds. The lowest BCUT2D eigenvalue weighted by atomic mass is 10.0. The van der Waals surface area contributed by atoms with E-state index in [4.69, 9.17) is 5.73 Å². The van der Waals surface area contributed by atoms with Gasteiger partial charge in [0, 0.05) is 12.1 Å². The zero-order valence-electron chi connectivity index (χ0n) is 12.0. The molecule has 0 fully saturated rings. The van der Waals surface area contributed by atoms with Gasteiger partial charge in [-0.1, -0.05) is 0 Å². The van der Waals surface area contributed by atoms with E-state index in [9.17, 15) is 4.39 Å². The molecule has 2 aromatic rings. The number of halogens is 1. The van der Waals surface area contributed by atoms with Gasteiger partial charge in [-0.3, -0.25) is 0 Å². The van der Waals surface area contributed by atoms with Gasteiger partial charge in [0.2, 0.25) is 0 Å². The third-order valence-corrected chi connectivity index (χ3v) is 3.63. The number of nitrogens with one attached hydrogen (secondary N) is 1. The van der Waals surface area contributed by atoms with Gasteiger partial charge in [0.25, 0.3) is 0 Å². The van der Waals surface area contributed by atoms with Gasteiger partial charge >= 0.3 is 0 Å². The first-order valence-corrected chi connectivity index (χ1v) is 6.45. The minimum Gasteiger partial charge on any atom is -0.382 e. The van der Waals surface area contributed by atoms with Gasteiger partial charge in [-0.15, -0.1) is 5.10 Å². The van der Waals surface area contributed by atoms with Crippen molar-refractivity contribution in [1.82, 2.24) is 25.1 Å². The molecule has 0 spiro atoms. The minimum atomic E-state index is -0.469. The van der Waals surface area contributed by atoms with Crippen LogP contribution in [0.4, 0.5) is 10.2 Å². The number of nitrogens with zero attached hydrogens (tertiary/aromatic N) is 4. The predicted octanol–water partition coefficient (Wildman–Crippen LogP) is 1.34. The topological polar surface area (TPSA) is 81.7 Å². The Hall–Kier alpha value is -2.02. The molecule has 0 aromatic carbocycles. The predicted molar refractivity (Wildman–Crippen MR) is 72.9 cm³/mol. The molecule has 0 unspecified atom stereocenters. The van der Waals surface area contributed by atoms with Crippen LogP contribution in [0.1, 0.15) is 36.6 Å². The highest BCUT2D eigenvalue weighted by atomic mass is 19.1. The van der Waals surface area contributed by atoms with E-state index in [2.05, 4.69) is 20.4 Å². The van der Waals surface area contributed by atoms with E-state index < -0.39 is 5.82 Å². The standard InChI is InChI=1S/C13H17FN6/c1-6-9(14)12(18-7(2)17-6)20-10-8(11(15)19-20)5-16-13(10,3)4/h16H,5H2,1-4H3,(H2,15,19). The zero-order valence-corrected chi connectivity index (χ0v) is 12.0. The van der Waals surface area contributed by atoms with Crippen molar-refractivity contribution in [3.05, 3.63) is 28.6 Å². The number of aryl methyl sites for hydroxylation is 2. The summed E-state index contributed by atoms with van der Waals surface area (Å²) < 4.78 is 15.9. The Labute approximate surface area is 116 Å². The molecule has 0 atom stereocenters. The van der Waals surface area contributed by atoms with E-state index in [1.54, 1.807) is 13.8 Å². The Kier molecular flexibility index (Phi) is 2.59. The maximum absolute atomic E-state index is 14.3. The molecule has 3 heterocycles. The first-order valence-electron chi connectivity index (χ1n) is 6.45. The summed E-state index contributed by atoms with van der Waals surface area (Å²) in [7, 11) is 0. The van der Waals surface area contributed by atoms with Crippen LogP contribution in [0.15, 0.2) is 0 Å². The van der Waals surface area contributed by atoms with Crippen molar-refractivity contribution in [3.63, 3.8) is 0 Å².